The number of aryl methyl sites for hydroxylation is 1. The molecule has 1 aromatic carbocycles. The quantitative estimate of drug-likeness (QED) is 0.655. The summed E-state index contributed by atoms with van der Waals surface area (Å²) in [5.41, 5.74) is 2.23. The Bertz CT molecular complexity index is 758. The molecule has 2 N–H and O–H groups in total. The lowest BCUT2D eigenvalue weighted by Crippen LogP contribution is -2.56. The lowest BCUT2D eigenvalue weighted by molar-refractivity contribution is -0.138. The summed E-state index contributed by atoms with van der Waals surface area (Å²) in [7, 11) is 0. The number of benzene rings is 1. The number of nitrogens with one attached hydrogen (secondary N) is 2. The average molecular weight is 417 g/mol. The second kappa shape index (κ2) is 12.2. The Balaban J connectivity index is 0.00000300. The first kappa shape index (κ1) is 22.8. The molecule has 1 aliphatic heterocycles. The summed E-state index contributed by atoms with van der Waals surface area (Å²) < 4.78 is 0. The number of rotatable bonds is 9. The van der Waals surface area contributed by atoms with E-state index in [1.54, 1.807) is 6.20 Å². The van der Waals surface area contributed by atoms with Crippen LogP contribution in [0.25, 0.3) is 0 Å². The van der Waals surface area contributed by atoms with Crippen molar-refractivity contribution in [2.75, 3.05) is 26.2 Å². The smallest absolute Gasteiger partial charge is 0.240 e. The van der Waals surface area contributed by atoms with Crippen LogP contribution >= 0.6 is 12.4 Å². The first-order chi connectivity index (χ1) is 13.7. The molecule has 1 unspecified atom stereocenters. The van der Waals surface area contributed by atoms with Crippen LogP contribution < -0.4 is 10.6 Å². The molecule has 0 radical (unpaired) electrons. The minimum Gasteiger partial charge on any atom is -0.356 e. The Morgan fingerprint density at radius 3 is 2.69 bits per heavy atom. The molecule has 1 aliphatic rings. The van der Waals surface area contributed by atoms with Crippen LogP contribution in [0.3, 0.4) is 0 Å². The summed E-state index contributed by atoms with van der Waals surface area (Å²) in [5, 5.41) is 6.07. The van der Waals surface area contributed by atoms with Gasteiger partial charge in [-0.1, -0.05) is 36.4 Å². The Kier molecular flexibility index (Phi) is 9.60. The van der Waals surface area contributed by atoms with Crippen molar-refractivity contribution in [2.45, 2.75) is 31.7 Å². The van der Waals surface area contributed by atoms with Gasteiger partial charge in [0, 0.05) is 44.5 Å². The van der Waals surface area contributed by atoms with Crippen molar-refractivity contribution in [1.29, 1.82) is 0 Å². The number of hydrogen-bond acceptors (Lipinski definition) is 4. The number of hydrogen-bond donors (Lipinski definition) is 2. The third-order valence-corrected chi connectivity index (χ3v) is 4.94. The molecule has 7 heteroatoms. The van der Waals surface area contributed by atoms with Crippen LogP contribution in [0.15, 0.2) is 54.7 Å². The summed E-state index contributed by atoms with van der Waals surface area (Å²) in [6.07, 6.45) is 4.49. The standard InChI is InChI=1S/C22H28N4O2.ClH/c27-21(25-13-11-19-10-4-5-12-23-19)17-20-22(28)26(16-14-24-20)15-6-9-18-7-2-1-3-8-18;/h1-5,7-8,10,12,20,24H,6,9,11,13-17H2,(H,25,27);1H. The lowest BCUT2D eigenvalue weighted by atomic mass is 10.1. The predicted molar refractivity (Wildman–Crippen MR) is 116 cm³/mol. The van der Waals surface area contributed by atoms with Crippen LogP contribution in [0.1, 0.15) is 24.1 Å². The van der Waals surface area contributed by atoms with E-state index >= 15 is 0 Å². The van der Waals surface area contributed by atoms with Crippen molar-refractivity contribution in [2.24, 2.45) is 0 Å². The van der Waals surface area contributed by atoms with Crippen molar-refractivity contribution >= 4 is 24.2 Å². The van der Waals surface area contributed by atoms with Gasteiger partial charge in [0.05, 0.1) is 12.5 Å². The zero-order chi connectivity index (χ0) is 19.6. The second-order valence-electron chi connectivity index (χ2n) is 7.05. The van der Waals surface area contributed by atoms with Gasteiger partial charge in [0.25, 0.3) is 0 Å². The van der Waals surface area contributed by atoms with Crippen LogP contribution in [-0.4, -0.2) is 53.9 Å². The Morgan fingerprint density at radius 1 is 1.14 bits per heavy atom. The number of pyridine rings is 1. The first-order valence-electron chi connectivity index (χ1n) is 9.95. The van der Waals surface area contributed by atoms with E-state index < -0.39 is 6.04 Å². The highest BCUT2D eigenvalue weighted by molar-refractivity contribution is 5.88. The fourth-order valence-corrected chi connectivity index (χ4v) is 3.43. The Hall–Kier alpha value is -2.44. The number of halogens is 1. The summed E-state index contributed by atoms with van der Waals surface area (Å²) in [6, 6.07) is 15.6. The van der Waals surface area contributed by atoms with Gasteiger partial charge in [-0.2, -0.15) is 0 Å². The molecule has 0 bridgehead atoms. The maximum Gasteiger partial charge on any atom is 0.240 e. The third-order valence-electron chi connectivity index (χ3n) is 4.94. The van der Waals surface area contributed by atoms with Crippen molar-refractivity contribution in [3.05, 3.63) is 66.0 Å². The number of nitrogens with zero attached hydrogens (tertiary/aromatic N) is 2. The highest BCUT2D eigenvalue weighted by Crippen LogP contribution is 2.09. The van der Waals surface area contributed by atoms with Gasteiger partial charge in [-0.15, -0.1) is 12.4 Å². The molecule has 6 nitrogen and oxygen atoms in total. The van der Waals surface area contributed by atoms with E-state index in [9.17, 15) is 9.59 Å². The monoisotopic (exact) mass is 416 g/mol. The third kappa shape index (κ3) is 7.48. The molecule has 0 saturated carbocycles. The van der Waals surface area contributed by atoms with Gasteiger partial charge >= 0.3 is 0 Å². The minimum absolute atomic E-state index is 0. The highest BCUT2D eigenvalue weighted by Gasteiger charge is 2.29. The molecule has 1 aromatic heterocycles. The average Bonchev–Trinajstić information content (AvgIpc) is 2.72. The Morgan fingerprint density at radius 2 is 1.93 bits per heavy atom. The minimum atomic E-state index is -0.430. The van der Waals surface area contributed by atoms with Crippen LogP contribution in [-0.2, 0) is 22.4 Å². The topological polar surface area (TPSA) is 74.3 Å². The van der Waals surface area contributed by atoms with Gasteiger partial charge in [-0.25, -0.2) is 0 Å². The van der Waals surface area contributed by atoms with E-state index in [1.165, 1.54) is 5.56 Å². The molecule has 29 heavy (non-hydrogen) atoms. The fourth-order valence-electron chi connectivity index (χ4n) is 3.43. The van der Waals surface area contributed by atoms with E-state index in [0.29, 0.717) is 19.5 Å². The SMILES string of the molecule is Cl.O=C(CC1NCCN(CCCc2ccccc2)C1=O)NCCc1ccccn1. The number of piperazine rings is 1. The number of carbonyl (C=O) groups is 2. The van der Waals surface area contributed by atoms with Crippen LogP contribution in [0.2, 0.25) is 0 Å². The number of carbonyl (C=O) groups excluding carboxylic acids is 2. The van der Waals surface area contributed by atoms with E-state index in [4.69, 9.17) is 0 Å². The molecular weight excluding hydrogens is 388 g/mol. The van der Waals surface area contributed by atoms with Gasteiger partial charge in [0.1, 0.15) is 0 Å². The molecule has 0 aliphatic carbocycles. The summed E-state index contributed by atoms with van der Waals surface area (Å²) in [5.74, 6) is -0.0768. The zero-order valence-electron chi connectivity index (χ0n) is 16.5. The van der Waals surface area contributed by atoms with E-state index in [2.05, 4.69) is 27.8 Å². The van der Waals surface area contributed by atoms with Crippen molar-refractivity contribution < 1.29 is 9.59 Å². The van der Waals surface area contributed by atoms with Gasteiger partial charge in [-0.05, 0) is 30.5 Å². The van der Waals surface area contributed by atoms with Crippen LogP contribution in [0.4, 0.5) is 0 Å². The molecule has 2 heterocycles. The maximum absolute atomic E-state index is 12.7. The zero-order valence-corrected chi connectivity index (χ0v) is 17.4. The van der Waals surface area contributed by atoms with Gasteiger partial charge < -0.3 is 15.5 Å². The molecule has 3 rings (SSSR count). The lowest BCUT2D eigenvalue weighted by Gasteiger charge is -2.33. The van der Waals surface area contributed by atoms with E-state index in [0.717, 1.165) is 31.6 Å². The first-order valence-corrected chi connectivity index (χ1v) is 9.95. The van der Waals surface area contributed by atoms with Gasteiger partial charge in [0.15, 0.2) is 0 Å². The molecular formula is C22H29ClN4O2. The maximum atomic E-state index is 12.7. The summed E-state index contributed by atoms with van der Waals surface area (Å²) >= 11 is 0. The second-order valence-corrected chi connectivity index (χ2v) is 7.05. The summed E-state index contributed by atoms with van der Waals surface area (Å²) in [6.45, 7) is 2.68. The van der Waals surface area contributed by atoms with Crippen molar-refractivity contribution in [1.82, 2.24) is 20.5 Å². The van der Waals surface area contributed by atoms with Crippen LogP contribution in [0, 0.1) is 0 Å². The predicted octanol–water partition coefficient (Wildman–Crippen LogP) is 1.99. The fraction of sp³-hybridized carbons (Fsp3) is 0.409. The molecule has 156 valence electrons. The molecule has 1 saturated heterocycles. The normalized spacial score (nSPS) is 16.2. The Labute approximate surface area is 178 Å². The van der Waals surface area contributed by atoms with Gasteiger partial charge in [0.2, 0.25) is 11.8 Å². The highest BCUT2D eigenvalue weighted by atomic mass is 35.5. The molecule has 2 aromatic rings. The molecule has 0 spiro atoms. The van der Waals surface area contributed by atoms with Crippen molar-refractivity contribution in [3.8, 4) is 0 Å². The molecule has 1 fully saturated rings. The number of amides is 2. The number of aromatic nitrogens is 1. The molecule has 2 amide bonds. The van der Waals surface area contributed by atoms with Crippen molar-refractivity contribution in [3.63, 3.8) is 0 Å². The summed E-state index contributed by atoms with van der Waals surface area (Å²) in [4.78, 5) is 31.0. The van der Waals surface area contributed by atoms with E-state index in [1.807, 2.05) is 41.3 Å². The largest absolute Gasteiger partial charge is 0.356 e. The molecule has 1 atom stereocenters. The van der Waals surface area contributed by atoms with E-state index in [-0.39, 0.29) is 30.6 Å². The van der Waals surface area contributed by atoms with Gasteiger partial charge in [-0.3, -0.25) is 14.6 Å². The van der Waals surface area contributed by atoms with Crippen LogP contribution in [0.5, 0.6) is 0 Å².